The van der Waals surface area contributed by atoms with Gasteiger partial charge in [0.2, 0.25) is 0 Å². The van der Waals surface area contributed by atoms with E-state index in [0.717, 1.165) is 0 Å². The molecular formula is C6H11N3O3. The smallest absolute Gasteiger partial charge is 0.106 e. The van der Waals surface area contributed by atoms with E-state index in [4.69, 9.17) is 15.4 Å². The molecule has 3 atom stereocenters. The number of ether oxygens (including phenoxy) is 1. The third-order valence-corrected chi connectivity index (χ3v) is 1.84. The fourth-order valence-corrected chi connectivity index (χ4v) is 1.17. The van der Waals surface area contributed by atoms with E-state index in [2.05, 4.69) is 10.0 Å². The molecule has 0 aliphatic carbocycles. The van der Waals surface area contributed by atoms with Crippen molar-refractivity contribution in [1.29, 1.82) is 0 Å². The van der Waals surface area contributed by atoms with Crippen LogP contribution in [0.1, 0.15) is 6.42 Å². The van der Waals surface area contributed by atoms with Crippen LogP contribution in [0.2, 0.25) is 0 Å². The number of nitrogens with zero attached hydrogens (tertiary/aromatic N) is 3. The highest BCUT2D eigenvalue weighted by Gasteiger charge is 2.28. The molecule has 1 heterocycles. The molecule has 0 amide bonds. The molecule has 1 fully saturated rings. The second kappa shape index (κ2) is 4.27. The maximum atomic E-state index is 9.30. The average molecular weight is 173 g/mol. The van der Waals surface area contributed by atoms with Crippen LogP contribution < -0.4 is 0 Å². The molecule has 6 heteroatoms. The molecule has 1 rings (SSSR count). The molecule has 12 heavy (non-hydrogen) atoms. The molecule has 0 saturated carbocycles. The number of azide groups is 1. The Morgan fingerprint density at radius 3 is 2.92 bits per heavy atom. The first kappa shape index (κ1) is 9.28. The summed E-state index contributed by atoms with van der Waals surface area (Å²) < 4.78 is 5.04. The molecule has 1 saturated heterocycles. The molecule has 0 aromatic rings. The van der Waals surface area contributed by atoms with Gasteiger partial charge in [0, 0.05) is 4.91 Å². The fourth-order valence-electron chi connectivity index (χ4n) is 1.17. The van der Waals surface area contributed by atoms with Gasteiger partial charge in [-0.15, -0.1) is 0 Å². The van der Waals surface area contributed by atoms with Gasteiger partial charge in [-0.05, 0) is 12.0 Å². The van der Waals surface area contributed by atoms with Gasteiger partial charge in [-0.3, -0.25) is 0 Å². The molecule has 6 nitrogen and oxygen atoms in total. The molecule has 2 N–H and O–H groups in total. The Kier molecular flexibility index (Phi) is 3.31. The molecule has 1 unspecified atom stereocenters. The molecule has 0 bridgehead atoms. The summed E-state index contributed by atoms with van der Waals surface area (Å²) in [6, 6.07) is -0.312. The normalized spacial score (nSPS) is 35.7. The van der Waals surface area contributed by atoms with E-state index < -0.39 is 12.2 Å². The van der Waals surface area contributed by atoms with Crippen molar-refractivity contribution in [1.82, 2.24) is 0 Å². The molecule has 0 aromatic heterocycles. The summed E-state index contributed by atoms with van der Waals surface area (Å²) in [5.41, 5.74) is 8.10. The van der Waals surface area contributed by atoms with Crippen molar-refractivity contribution in [3.8, 4) is 0 Å². The lowest BCUT2D eigenvalue weighted by Gasteiger charge is -2.29. The van der Waals surface area contributed by atoms with Crippen molar-refractivity contribution in [3.63, 3.8) is 0 Å². The lowest BCUT2D eigenvalue weighted by molar-refractivity contribution is -0.101. The largest absolute Gasteiger partial charge is 0.394 e. The predicted molar refractivity (Wildman–Crippen MR) is 40.4 cm³/mol. The van der Waals surface area contributed by atoms with Crippen LogP contribution in [0.5, 0.6) is 0 Å². The van der Waals surface area contributed by atoms with Crippen molar-refractivity contribution in [2.24, 2.45) is 5.11 Å². The van der Waals surface area contributed by atoms with Crippen LogP contribution in [0.3, 0.4) is 0 Å². The van der Waals surface area contributed by atoms with Crippen LogP contribution in [0.4, 0.5) is 0 Å². The highest BCUT2D eigenvalue weighted by atomic mass is 16.5. The molecule has 0 aromatic carbocycles. The van der Waals surface area contributed by atoms with Gasteiger partial charge in [-0.1, -0.05) is 5.11 Å². The van der Waals surface area contributed by atoms with Gasteiger partial charge in [0.05, 0.1) is 25.4 Å². The first-order valence-corrected chi connectivity index (χ1v) is 3.72. The number of aliphatic hydroxyl groups excluding tert-OH is 2. The van der Waals surface area contributed by atoms with E-state index in [0.29, 0.717) is 6.42 Å². The Labute approximate surface area is 69.4 Å². The van der Waals surface area contributed by atoms with Gasteiger partial charge in [0.15, 0.2) is 0 Å². The van der Waals surface area contributed by atoms with Crippen LogP contribution >= 0.6 is 0 Å². The average Bonchev–Trinajstić information content (AvgIpc) is 2.05. The Balaban J connectivity index is 2.45. The zero-order chi connectivity index (χ0) is 8.97. The summed E-state index contributed by atoms with van der Waals surface area (Å²) >= 11 is 0. The lowest BCUT2D eigenvalue weighted by atomic mass is 10.0. The van der Waals surface area contributed by atoms with E-state index in [1.54, 1.807) is 0 Å². The van der Waals surface area contributed by atoms with Gasteiger partial charge in [0.1, 0.15) is 6.10 Å². The van der Waals surface area contributed by atoms with E-state index in [1.165, 1.54) is 0 Å². The van der Waals surface area contributed by atoms with E-state index in [-0.39, 0.29) is 19.3 Å². The summed E-state index contributed by atoms with van der Waals surface area (Å²) in [6.07, 6.45) is -0.913. The minimum Gasteiger partial charge on any atom is -0.394 e. The van der Waals surface area contributed by atoms with Crippen LogP contribution in [0, 0.1) is 0 Å². The molecule has 0 spiro atoms. The van der Waals surface area contributed by atoms with Gasteiger partial charge < -0.3 is 14.9 Å². The maximum Gasteiger partial charge on any atom is 0.106 e. The summed E-state index contributed by atoms with van der Waals surface area (Å²) in [5, 5.41) is 21.4. The van der Waals surface area contributed by atoms with Gasteiger partial charge in [-0.25, -0.2) is 0 Å². The maximum absolute atomic E-state index is 9.30. The van der Waals surface area contributed by atoms with E-state index >= 15 is 0 Å². The predicted octanol–water partition coefficient (Wildman–Crippen LogP) is -0.193. The van der Waals surface area contributed by atoms with Crippen molar-refractivity contribution in [3.05, 3.63) is 10.4 Å². The van der Waals surface area contributed by atoms with Crippen LogP contribution in [0.25, 0.3) is 10.4 Å². The first-order valence-electron chi connectivity index (χ1n) is 3.72. The molecule has 0 radical (unpaired) electrons. The molecule has 68 valence electrons. The van der Waals surface area contributed by atoms with Gasteiger partial charge in [-0.2, -0.15) is 0 Å². The lowest BCUT2D eigenvalue weighted by Crippen LogP contribution is -2.42. The standard InChI is InChI=1S/C6H11N3O3/c7-9-8-4-1-5(11)6(2-10)12-3-4/h4-6,10-11H,1-3H2/t4?,5-,6+/m0/s1. The second-order valence-corrected chi connectivity index (χ2v) is 2.72. The number of hydrogen-bond acceptors (Lipinski definition) is 4. The Morgan fingerprint density at radius 1 is 1.67 bits per heavy atom. The highest BCUT2D eigenvalue weighted by molar-refractivity contribution is 4.81. The van der Waals surface area contributed by atoms with Gasteiger partial charge >= 0.3 is 0 Å². The van der Waals surface area contributed by atoms with Crippen LogP contribution in [-0.4, -0.2) is 41.7 Å². The third kappa shape index (κ3) is 2.09. The number of aliphatic hydroxyl groups is 2. The minimum atomic E-state index is -0.737. The fraction of sp³-hybridized carbons (Fsp3) is 1.00. The Morgan fingerprint density at radius 2 is 2.42 bits per heavy atom. The Bertz CT molecular complexity index is 192. The SMILES string of the molecule is [N-]=[N+]=NC1CO[C@H](CO)[C@@H](O)C1. The topological polar surface area (TPSA) is 98.5 Å². The quantitative estimate of drug-likeness (QED) is 0.344. The molecular weight excluding hydrogens is 162 g/mol. The number of hydrogen-bond donors (Lipinski definition) is 2. The Hall–Kier alpha value is -0.810. The molecule has 1 aliphatic rings. The number of rotatable bonds is 2. The van der Waals surface area contributed by atoms with Gasteiger partial charge in [0.25, 0.3) is 0 Å². The summed E-state index contributed by atoms with van der Waals surface area (Å²) in [4.78, 5) is 2.62. The first-order chi connectivity index (χ1) is 5.77. The monoisotopic (exact) mass is 173 g/mol. The second-order valence-electron chi connectivity index (χ2n) is 2.72. The zero-order valence-electron chi connectivity index (χ0n) is 6.50. The van der Waals surface area contributed by atoms with Crippen molar-refractivity contribution in [2.45, 2.75) is 24.7 Å². The van der Waals surface area contributed by atoms with E-state index in [9.17, 15) is 5.11 Å². The van der Waals surface area contributed by atoms with Crippen molar-refractivity contribution in [2.75, 3.05) is 13.2 Å². The summed E-state index contributed by atoms with van der Waals surface area (Å²) in [6.45, 7) is 0.0660. The zero-order valence-corrected chi connectivity index (χ0v) is 6.50. The van der Waals surface area contributed by atoms with Crippen molar-refractivity contribution >= 4 is 0 Å². The minimum absolute atomic E-state index is 0.204. The van der Waals surface area contributed by atoms with Crippen molar-refractivity contribution < 1.29 is 14.9 Å². The van der Waals surface area contributed by atoms with E-state index in [1.807, 2.05) is 0 Å². The summed E-state index contributed by atoms with van der Waals surface area (Å²) in [5.74, 6) is 0. The van der Waals surface area contributed by atoms with Crippen LogP contribution in [-0.2, 0) is 4.74 Å². The molecule has 1 aliphatic heterocycles. The third-order valence-electron chi connectivity index (χ3n) is 1.84. The summed E-state index contributed by atoms with van der Waals surface area (Å²) in [7, 11) is 0. The highest BCUT2D eigenvalue weighted by Crippen LogP contribution is 2.16. The van der Waals surface area contributed by atoms with Crippen LogP contribution in [0.15, 0.2) is 5.11 Å².